The van der Waals surface area contributed by atoms with E-state index >= 15 is 0 Å². The molecule has 0 aliphatic carbocycles. The predicted molar refractivity (Wildman–Crippen MR) is 72.6 cm³/mol. The normalized spacial score (nSPS) is 10.2. The average Bonchev–Trinajstić information content (AvgIpc) is 2.38. The van der Waals surface area contributed by atoms with Crippen molar-refractivity contribution in [2.24, 2.45) is 0 Å². The highest BCUT2D eigenvalue weighted by Crippen LogP contribution is 2.16. The molecule has 17 heavy (non-hydrogen) atoms. The van der Waals surface area contributed by atoms with E-state index in [1.165, 1.54) is 10.5 Å². The predicted octanol–water partition coefficient (Wildman–Crippen LogP) is 3.46. The summed E-state index contributed by atoms with van der Waals surface area (Å²) in [4.78, 5) is 1.26. The fourth-order valence-electron chi connectivity index (χ4n) is 1.39. The van der Waals surface area contributed by atoms with Crippen LogP contribution < -0.4 is 5.32 Å². The summed E-state index contributed by atoms with van der Waals surface area (Å²) in [6.07, 6.45) is 2.07. The van der Waals surface area contributed by atoms with Gasteiger partial charge >= 0.3 is 0 Å². The molecule has 2 aromatic rings. The van der Waals surface area contributed by atoms with Crippen LogP contribution >= 0.6 is 23.4 Å². The third-order valence-electron chi connectivity index (χ3n) is 2.24. The summed E-state index contributed by atoms with van der Waals surface area (Å²) in [5, 5.41) is 11.3. The van der Waals surface area contributed by atoms with Gasteiger partial charge in [0, 0.05) is 11.4 Å². The van der Waals surface area contributed by atoms with Crippen molar-refractivity contribution >= 4 is 29.2 Å². The van der Waals surface area contributed by atoms with Crippen LogP contribution in [-0.2, 0) is 6.54 Å². The van der Waals surface area contributed by atoms with E-state index in [9.17, 15) is 0 Å². The molecule has 88 valence electrons. The van der Waals surface area contributed by atoms with Gasteiger partial charge in [-0.3, -0.25) is 0 Å². The van der Waals surface area contributed by atoms with Crippen molar-refractivity contribution in [2.45, 2.75) is 11.4 Å². The number of hydrogen-bond acceptors (Lipinski definition) is 4. The first-order valence-corrected chi connectivity index (χ1v) is 6.74. The van der Waals surface area contributed by atoms with Crippen molar-refractivity contribution in [1.82, 2.24) is 10.2 Å². The average molecular weight is 266 g/mol. The van der Waals surface area contributed by atoms with E-state index in [1.807, 2.05) is 6.07 Å². The van der Waals surface area contributed by atoms with E-state index in [2.05, 4.69) is 46.0 Å². The molecule has 1 heterocycles. The van der Waals surface area contributed by atoms with Gasteiger partial charge in [0.1, 0.15) is 5.82 Å². The Morgan fingerprint density at radius 3 is 2.82 bits per heavy atom. The van der Waals surface area contributed by atoms with Crippen molar-refractivity contribution < 1.29 is 0 Å². The quantitative estimate of drug-likeness (QED) is 0.859. The van der Waals surface area contributed by atoms with Gasteiger partial charge in [-0.05, 0) is 36.1 Å². The van der Waals surface area contributed by atoms with Crippen LogP contribution in [0.2, 0.25) is 5.15 Å². The van der Waals surface area contributed by atoms with Crippen molar-refractivity contribution in [3.8, 4) is 0 Å². The lowest BCUT2D eigenvalue weighted by atomic mass is 10.2. The molecule has 0 amide bonds. The molecule has 3 nitrogen and oxygen atoms in total. The number of anilines is 1. The Hall–Kier alpha value is -1.26. The summed E-state index contributed by atoms with van der Waals surface area (Å²) < 4.78 is 0. The monoisotopic (exact) mass is 265 g/mol. The minimum atomic E-state index is 0.403. The minimum Gasteiger partial charge on any atom is -0.365 e. The number of nitrogens with zero attached hydrogens (tertiary/aromatic N) is 2. The van der Waals surface area contributed by atoms with E-state index in [-0.39, 0.29) is 0 Å². The standard InChI is InChI=1S/C12H12ClN3S/c1-17-10-4-2-3-9(7-10)8-14-12-6-5-11(13)15-16-12/h2-7H,8H2,1H3,(H,14,16). The fraction of sp³-hybridized carbons (Fsp3) is 0.167. The minimum absolute atomic E-state index is 0.403. The molecule has 5 heteroatoms. The molecule has 2 rings (SSSR count). The topological polar surface area (TPSA) is 37.8 Å². The van der Waals surface area contributed by atoms with Gasteiger partial charge in [-0.25, -0.2) is 0 Å². The van der Waals surface area contributed by atoms with Crippen LogP contribution in [0.1, 0.15) is 5.56 Å². The molecule has 1 aromatic heterocycles. The summed E-state index contributed by atoms with van der Waals surface area (Å²) >= 11 is 7.40. The number of aromatic nitrogens is 2. The number of thioether (sulfide) groups is 1. The first-order valence-electron chi connectivity index (χ1n) is 5.14. The maximum absolute atomic E-state index is 5.66. The van der Waals surface area contributed by atoms with Gasteiger partial charge in [0.25, 0.3) is 0 Å². The van der Waals surface area contributed by atoms with Crippen molar-refractivity contribution in [1.29, 1.82) is 0 Å². The molecular weight excluding hydrogens is 254 g/mol. The van der Waals surface area contributed by atoms with E-state index in [1.54, 1.807) is 17.8 Å². The molecule has 0 fully saturated rings. The molecule has 0 saturated carbocycles. The Morgan fingerprint density at radius 1 is 1.24 bits per heavy atom. The lowest BCUT2D eigenvalue weighted by molar-refractivity contribution is 0.999. The lowest BCUT2D eigenvalue weighted by Gasteiger charge is -2.06. The van der Waals surface area contributed by atoms with Gasteiger partial charge in [0.2, 0.25) is 0 Å². The van der Waals surface area contributed by atoms with Gasteiger partial charge < -0.3 is 5.32 Å². The molecule has 0 aliphatic rings. The molecular formula is C12H12ClN3S. The molecule has 1 aromatic carbocycles. The van der Waals surface area contributed by atoms with Crippen molar-refractivity contribution in [3.63, 3.8) is 0 Å². The lowest BCUT2D eigenvalue weighted by Crippen LogP contribution is -2.02. The van der Waals surface area contributed by atoms with Crippen molar-refractivity contribution in [3.05, 3.63) is 47.1 Å². The van der Waals surface area contributed by atoms with Crippen LogP contribution in [0.4, 0.5) is 5.82 Å². The zero-order valence-electron chi connectivity index (χ0n) is 9.35. The zero-order chi connectivity index (χ0) is 12.1. The number of benzene rings is 1. The highest BCUT2D eigenvalue weighted by Gasteiger charge is 1.97. The molecule has 0 saturated heterocycles. The second-order valence-corrected chi connectivity index (χ2v) is 4.71. The molecule has 0 radical (unpaired) electrons. The summed E-state index contributed by atoms with van der Waals surface area (Å²) in [6.45, 7) is 0.727. The summed E-state index contributed by atoms with van der Waals surface area (Å²) in [5.74, 6) is 0.726. The summed E-state index contributed by atoms with van der Waals surface area (Å²) in [5.41, 5.74) is 1.22. The third kappa shape index (κ3) is 3.61. The first-order chi connectivity index (χ1) is 8.28. The third-order valence-corrected chi connectivity index (χ3v) is 3.17. The zero-order valence-corrected chi connectivity index (χ0v) is 10.9. The van der Waals surface area contributed by atoms with Gasteiger partial charge in [0.15, 0.2) is 5.15 Å². The SMILES string of the molecule is CSc1cccc(CNc2ccc(Cl)nn2)c1. The molecule has 1 N–H and O–H groups in total. The number of hydrogen-bond donors (Lipinski definition) is 1. The summed E-state index contributed by atoms with van der Waals surface area (Å²) in [6, 6.07) is 11.9. The van der Waals surface area contributed by atoms with Crippen LogP contribution in [0.25, 0.3) is 0 Å². The molecule has 0 spiro atoms. The van der Waals surface area contributed by atoms with E-state index in [0.717, 1.165) is 12.4 Å². The molecule has 0 aliphatic heterocycles. The molecule has 0 unspecified atom stereocenters. The van der Waals surface area contributed by atoms with Crippen LogP contribution in [0, 0.1) is 0 Å². The van der Waals surface area contributed by atoms with Gasteiger partial charge in [0.05, 0.1) is 0 Å². The smallest absolute Gasteiger partial charge is 0.151 e. The first kappa shape index (κ1) is 12.2. The highest BCUT2D eigenvalue weighted by molar-refractivity contribution is 7.98. The molecule has 0 atom stereocenters. The second kappa shape index (κ2) is 5.89. The summed E-state index contributed by atoms with van der Waals surface area (Å²) in [7, 11) is 0. The molecule has 0 bridgehead atoms. The Kier molecular flexibility index (Phi) is 4.23. The largest absolute Gasteiger partial charge is 0.365 e. The Balaban J connectivity index is 1.99. The van der Waals surface area contributed by atoms with E-state index in [0.29, 0.717) is 5.15 Å². The Bertz CT molecular complexity index is 487. The van der Waals surface area contributed by atoms with Crippen molar-refractivity contribution in [2.75, 3.05) is 11.6 Å². The maximum Gasteiger partial charge on any atom is 0.151 e. The highest BCUT2D eigenvalue weighted by atomic mass is 35.5. The van der Waals surface area contributed by atoms with E-state index in [4.69, 9.17) is 11.6 Å². The number of halogens is 1. The van der Waals surface area contributed by atoms with E-state index < -0.39 is 0 Å². The maximum atomic E-state index is 5.66. The second-order valence-electron chi connectivity index (χ2n) is 3.45. The van der Waals surface area contributed by atoms with Gasteiger partial charge in [-0.1, -0.05) is 23.7 Å². The Labute approximate surface area is 110 Å². The Morgan fingerprint density at radius 2 is 2.12 bits per heavy atom. The van der Waals surface area contributed by atoms with Crippen LogP contribution in [0.3, 0.4) is 0 Å². The van der Waals surface area contributed by atoms with Crippen LogP contribution in [0.15, 0.2) is 41.3 Å². The van der Waals surface area contributed by atoms with Crippen LogP contribution in [-0.4, -0.2) is 16.5 Å². The number of nitrogens with one attached hydrogen (secondary N) is 1. The van der Waals surface area contributed by atoms with Gasteiger partial charge in [-0.15, -0.1) is 22.0 Å². The number of rotatable bonds is 4. The van der Waals surface area contributed by atoms with Gasteiger partial charge in [-0.2, -0.15) is 0 Å². The van der Waals surface area contributed by atoms with Crippen LogP contribution in [0.5, 0.6) is 0 Å². The fourth-order valence-corrected chi connectivity index (χ4v) is 1.97.